The number of benzene rings is 2. The summed E-state index contributed by atoms with van der Waals surface area (Å²) >= 11 is 1.09. The fourth-order valence-electron chi connectivity index (χ4n) is 4.05. The molecule has 1 atom stereocenters. The second-order valence-corrected chi connectivity index (χ2v) is 11.1. The molecule has 1 aromatic heterocycles. The molecule has 13 heteroatoms. The molecule has 2 aromatic carbocycles. The first kappa shape index (κ1) is 26.0. The van der Waals surface area contributed by atoms with Gasteiger partial charge in [0.1, 0.15) is 10.3 Å². The zero-order valence-corrected chi connectivity index (χ0v) is 20.8. The number of hydrogen-bond acceptors (Lipinski definition) is 9. The van der Waals surface area contributed by atoms with Gasteiger partial charge in [0.25, 0.3) is 21.6 Å². The van der Waals surface area contributed by atoms with Crippen molar-refractivity contribution in [2.75, 3.05) is 18.5 Å². The third-order valence-electron chi connectivity index (χ3n) is 5.75. The lowest BCUT2D eigenvalue weighted by atomic mass is 9.92. The number of nitrogens with zero attached hydrogens (tertiary/aromatic N) is 3. The number of nitro groups is 1. The smallest absolute Gasteiger partial charge is 0.308 e. The van der Waals surface area contributed by atoms with E-state index in [2.05, 4.69) is 5.32 Å². The van der Waals surface area contributed by atoms with Crippen molar-refractivity contribution < 1.29 is 27.7 Å². The Labute approximate surface area is 216 Å². The molecule has 1 aliphatic rings. The van der Waals surface area contributed by atoms with Crippen molar-refractivity contribution >= 4 is 44.6 Å². The SMILES string of the molecule is N#Cc1cc([N+](=O)[O-])ccc1NC(=O)COC(=O)CC1c2ccccc2CCN1S(=O)(=O)c1cccs1. The van der Waals surface area contributed by atoms with Gasteiger partial charge >= 0.3 is 5.97 Å². The summed E-state index contributed by atoms with van der Waals surface area (Å²) in [5, 5.41) is 24.1. The van der Waals surface area contributed by atoms with E-state index in [1.54, 1.807) is 29.6 Å². The van der Waals surface area contributed by atoms with Crippen molar-refractivity contribution in [1.29, 1.82) is 5.26 Å². The van der Waals surface area contributed by atoms with Gasteiger partial charge < -0.3 is 10.1 Å². The molecule has 3 aromatic rings. The molecule has 0 bridgehead atoms. The van der Waals surface area contributed by atoms with E-state index in [-0.39, 0.29) is 34.1 Å². The number of esters is 1. The largest absolute Gasteiger partial charge is 0.456 e. The topological polar surface area (TPSA) is 160 Å². The third-order valence-corrected chi connectivity index (χ3v) is 9.04. The molecule has 37 heavy (non-hydrogen) atoms. The number of sulfonamides is 1. The van der Waals surface area contributed by atoms with Gasteiger partial charge in [0.15, 0.2) is 6.61 Å². The number of rotatable bonds is 8. The normalized spacial score (nSPS) is 15.3. The van der Waals surface area contributed by atoms with Crippen LogP contribution in [0, 0.1) is 21.4 Å². The molecule has 0 fully saturated rings. The minimum Gasteiger partial charge on any atom is -0.456 e. The molecule has 0 saturated carbocycles. The Morgan fingerprint density at radius 2 is 2.00 bits per heavy atom. The predicted octanol–water partition coefficient (Wildman–Crippen LogP) is 3.39. The van der Waals surface area contributed by atoms with Crippen LogP contribution >= 0.6 is 11.3 Å². The highest BCUT2D eigenvalue weighted by atomic mass is 32.2. The zero-order chi connectivity index (χ0) is 26.6. The maximum Gasteiger partial charge on any atom is 0.308 e. The van der Waals surface area contributed by atoms with Crippen LogP contribution in [0.15, 0.2) is 64.2 Å². The molecule has 190 valence electrons. The van der Waals surface area contributed by atoms with Gasteiger partial charge in [0, 0.05) is 18.7 Å². The number of nitro benzene ring substituents is 1. The van der Waals surface area contributed by atoms with Gasteiger partial charge in [0.2, 0.25) is 0 Å². The fourth-order valence-corrected chi connectivity index (χ4v) is 6.78. The van der Waals surface area contributed by atoms with E-state index in [1.165, 1.54) is 16.4 Å². The number of carbonyl (C=O) groups is 2. The third kappa shape index (κ3) is 5.67. The number of fused-ring (bicyclic) bond motifs is 1. The Bertz CT molecular complexity index is 1500. The van der Waals surface area contributed by atoms with Gasteiger partial charge in [-0.3, -0.25) is 19.7 Å². The lowest BCUT2D eigenvalue weighted by molar-refractivity contribution is -0.384. The molecule has 1 aliphatic heterocycles. The van der Waals surface area contributed by atoms with Crippen molar-refractivity contribution in [3.8, 4) is 6.07 Å². The van der Waals surface area contributed by atoms with Gasteiger partial charge in [-0.2, -0.15) is 9.57 Å². The van der Waals surface area contributed by atoms with Crippen LogP contribution in [0.25, 0.3) is 0 Å². The van der Waals surface area contributed by atoms with E-state index in [1.807, 2.05) is 12.1 Å². The van der Waals surface area contributed by atoms with Crippen LogP contribution in [0.1, 0.15) is 29.2 Å². The highest BCUT2D eigenvalue weighted by Crippen LogP contribution is 2.37. The molecule has 4 rings (SSSR count). The van der Waals surface area contributed by atoms with E-state index < -0.39 is 39.5 Å². The minimum absolute atomic E-state index is 0.0311. The molecule has 0 radical (unpaired) electrons. The number of amides is 1. The lowest BCUT2D eigenvalue weighted by Crippen LogP contribution is -2.41. The lowest BCUT2D eigenvalue weighted by Gasteiger charge is -2.35. The monoisotopic (exact) mass is 540 g/mol. The Kier molecular flexibility index (Phi) is 7.63. The van der Waals surface area contributed by atoms with Crippen LogP contribution in [0.5, 0.6) is 0 Å². The average molecular weight is 541 g/mol. The highest BCUT2D eigenvalue weighted by molar-refractivity contribution is 7.91. The number of ether oxygens (including phenoxy) is 1. The maximum atomic E-state index is 13.3. The zero-order valence-electron chi connectivity index (χ0n) is 19.2. The summed E-state index contributed by atoms with van der Waals surface area (Å²) < 4.78 is 33.2. The molecule has 11 nitrogen and oxygen atoms in total. The molecular formula is C24H20N4O7S2. The molecule has 0 spiro atoms. The van der Waals surface area contributed by atoms with Crippen molar-refractivity contribution in [3.63, 3.8) is 0 Å². The number of thiophene rings is 1. The second-order valence-electron chi connectivity index (χ2n) is 8.02. The number of non-ortho nitro benzene ring substituents is 1. The Morgan fingerprint density at radius 1 is 1.22 bits per heavy atom. The van der Waals surface area contributed by atoms with E-state index in [4.69, 9.17) is 4.74 Å². The summed E-state index contributed by atoms with van der Waals surface area (Å²) in [6, 6.07) is 14.7. The van der Waals surface area contributed by atoms with Crippen molar-refractivity contribution in [2.45, 2.75) is 23.1 Å². The summed E-state index contributed by atoms with van der Waals surface area (Å²) in [6.07, 6.45) is 0.182. The number of hydrogen-bond donors (Lipinski definition) is 1. The van der Waals surface area contributed by atoms with Crippen LogP contribution in [-0.2, 0) is 30.8 Å². The second kappa shape index (κ2) is 10.9. The summed E-state index contributed by atoms with van der Waals surface area (Å²) in [6.45, 7) is -0.501. The van der Waals surface area contributed by atoms with Gasteiger partial charge in [-0.1, -0.05) is 30.3 Å². The molecule has 1 unspecified atom stereocenters. The molecule has 0 aliphatic carbocycles. The Hall–Kier alpha value is -4.12. The van der Waals surface area contributed by atoms with E-state index >= 15 is 0 Å². The van der Waals surface area contributed by atoms with Crippen molar-refractivity contribution in [3.05, 3.63) is 86.8 Å². The van der Waals surface area contributed by atoms with Gasteiger partial charge in [0.05, 0.1) is 28.6 Å². The van der Waals surface area contributed by atoms with Crippen LogP contribution in [0.4, 0.5) is 11.4 Å². The number of nitrogens with one attached hydrogen (secondary N) is 1. The summed E-state index contributed by atoms with van der Waals surface area (Å²) in [4.78, 5) is 35.3. The summed E-state index contributed by atoms with van der Waals surface area (Å²) in [5.41, 5.74) is 1.22. The van der Waals surface area contributed by atoms with Crippen LogP contribution in [-0.4, -0.2) is 42.7 Å². The van der Waals surface area contributed by atoms with Gasteiger partial charge in [-0.05, 0) is 35.1 Å². The first-order chi connectivity index (χ1) is 17.7. The van der Waals surface area contributed by atoms with Crippen LogP contribution in [0.2, 0.25) is 0 Å². The van der Waals surface area contributed by atoms with E-state index in [0.29, 0.717) is 12.0 Å². The number of carbonyl (C=O) groups excluding carboxylic acids is 2. The van der Waals surface area contributed by atoms with Gasteiger partial charge in [-0.15, -0.1) is 11.3 Å². The maximum absolute atomic E-state index is 13.3. The van der Waals surface area contributed by atoms with E-state index in [9.17, 15) is 33.4 Å². The fraction of sp³-hybridized carbons (Fsp3) is 0.208. The first-order valence-electron chi connectivity index (χ1n) is 11.0. The highest BCUT2D eigenvalue weighted by Gasteiger charge is 2.38. The Morgan fingerprint density at radius 3 is 2.70 bits per heavy atom. The molecule has 1 N–H and O–H groups in total. The quantitative estimate of drug-likeness (QED) is 0.258. The summed E-state index contributed by atoms with van der Waals surface area (Å²) in [7, 11) is -3.86. The average Bonchev–Trinajstić information content (AvgIpc) is 3.44. The molecular weight excluding hydrogens is 520 g/mol. The van der Waals surface area contributed by atoms with Gasteiger partial charge in [-0.25, -0.2) is 8.42 Å². The van der Waals surface area contributed by atoms with E-state index in [0.717, 1.165) is 29.0 Å². The molecule has 1 amide bonds. The van der Waals surface area contributed by atoms with Crippen LogP contribution < -0.4 is 5.32 Å². The summed E-state index contributed by atoms with van der Waals surface area (Å²) in [5.74, 6) is -1.54. The predicted molar refractivity (Wildman–Crippen MR) is 133 cm³/mol. The first-order valence-corrected chi connectivity index (χ1v) is 13.3. The van der Waals surface area contributed by atoms with Crippen molar-refractivity contribution in [2.24, 2.45) is 0 Å². The standard InChI is InChI=1S/C24H20N4O7S2/c25-14-17-12-18(28(31)32)7-8-20(17)26-22(29)15-35-23(30)13-21-19-5-2-1-4-16(19)9-10-27(21)37(33,34)24-6-3-11-36-24/h1-8,11-12,21H,9-10,13,15H2,(H,26,29). The Balaban J connectivity index is 1.46. The molecule has 0 saturated heterocycles. The minimum atomic E-state index is -3.86. The van der Waals surface area contributed by atoms with Crippen LogP contribution in [0.3, 0.4) is 0 Å². The number of nitriles is 1. The molecule has 2 heterocycles. The number of anilines is 1. The van der Waals surface area contributed by atoms with Crippen molar-refractivity contribution in [1.82, 2.24) is 4.31 Å².